The molecule has 2 rings (SSSR count). The standard InChI is InChI=1S/C12H22N4/c1-11(2)15-6-3-12(9-13,10-15)16-7-4-14-5-8-16/h11,14H,3-8,10H2,1-2H3. The molecule has 90 valence electrons. The molecule has 0 aromatic rings. The first-order chi connectivity index (χ1) is 7.68. The minimum absolute atomic E-state index is 0.216. The third-order valence-corrected chi connectivity index (χ3v) is 3.94. The molecular weight excluding hydrogens is 200 g/mol. The van der Waals surface area contributed by atoms with E-state index < -0.39 is 0 Å². The molecule has 0 spiro atoms. The second-order valence-corrected chi connectivity index (χ2v) is 5.19. The lowest BCUT2D eigenvalue weighted by atomic mass is 9.97. The number of nitrogens with one attached hydrogen (secondary N) is 1. The highest BCUT2D eigenvalue weighted by Crippen LogP contribution is 2.28. The van der Waals surface area contributed by atoms with Gasteiger partial charge in [-0.2, -0.15) is 5.26 Å². The van der Waals surface area contributed by atoms with Crippen molar-refractivity contribution in [2.45, 2.75) is 31.8 Å². The van der Waals surface area contributed by atoms with Crippen molar-refractivity contribution in [3.63, 3.8) is 0 Å². The molecule has 4 nitrogen and oxygen atoms in total. The number of rotatable bonds is 2. The molecule has 0 radical (unpaired) electrons. The predicted molar refractivity (Wildman–Crippen MR) is 64.1 cm³/mol. The SMILES string of the molecule is CC(C)N1CCC(C#N)(N2CCNCC2)C1. The Hall–Kier alpha value is -0.630. The third kappa shape index (κ3) is 2.08. The summed E-state index contributed by atoms with van der Waals surface area (Å²) >= 11 is 0. The van der Waals surface area contributed by atoms with Crippen molar-refractivity contribution in [2.75, 3.05) is 39.3 Å². The predicted octanol–water partition coefficient (Wildman–Crippen LogP) is 0.268. The van der Waals surface area contributed by atoms with Crippen LogP contribution in [0.2, 0.25) is 0 Å². The van der Waals surface area contributed by atoms with Crippen LogP contribution in [0.25, 0.3) is 0 Å². The zero-order valence-electron chi connectivity index (χ0n) is 10.4. The average Bonchev–Trinajstić information content (AvgIpc) is 2.76. The molecule has 16 heavy (non-hydrogen) atoms. The van der Waals surface area contributed by atoms with Crippen LogP contribution in [0.4, 0.5) is 0 Å². The van der Waals surface area contributed by atoms with E-state index in [0.717, 1.165) is 45.7 Å². The summed E-state index contributed by atoms with van der Waals surface area (Å²) in [6, 6.07) is 3.14. The van der Waals surface area contributed by atoms with Crippen LogP contribution < -0.4 is 5.32 Å². The first-order valence-corrected chi connectivity index (χ1v) is 6.29. The van der Waals surface area contributed by atoms with Gasteiger partial charge in [-0.1, -0.05) is 0 Å². The summed E-state index contributed by atoms with van der Waals surface area (Å²) in [4.78, 5) is 4.80. The summed E-state index contributed by atoms with van der Waals surface area (Å²) < 4.78 is 0. The normalized spacial score (nSPS) is 33.1. The lowest BCUT2D eigenvalue weighted by Crippen LogP contribution is -2.57. The summed E-state index contributed by atoms with van der Waals surface area (Å²) in [6.07, 6.45) is 1.00. The molecule has 2 aliphatic heterocycles. The minimum atomic E-state index is -0.216. The lowest BCUT2D eigenvalue weighted by molar-refractivity contribution is 0.117. The van der Waals surface area contributed by atoms with Gasteiger partial charge in [0.1, 0.15) is 5.54 Å². The Kier molecular flexibility index (Phi) is 3.48. The van der Waals surface area contributed by atoms with Gasteiger partial charge in [0.25, 0.3) is 0 Å². The number of nitriles is 1. The van der Waals surface area contributed by atoms with Crippen LogP contribution >= 0.6 is 0 Å². The molecule has 0 amide bonds. The molecular formula is C12H22N4. The van der Waals surface area contributed by atoms with Crippen LogP contribution in [0.15, 0.2) is 0 Å². The minimum Gasteiger partial charge on any atom is -0.314 e. The van der Waals surface area contributed by atoms with Crippen LogP contribution in [0.1, 0.15) is 20.3 Å². The maximum absolute atomic E-state index is 9.53. The highest BCUT2D eigenvalue weighted by Gasteiger charge is 2.44. The number of likely N-dealkylation sites (tertiary alicyclic amines) is 1. The summed E-state index contributed by atoms with van der Waals surface area (Å²) in [5.74, 6) is 0. The summed E-state index contributed by atoms with van der Waals surface area (Å²) in [5, 5.41) is 12.9. The topological polar surface area (TPSA) is 42.3 Å². The summed E-state index contributed by atoms with van der Waals surface area (Å²) in [7, 11) is 0. The second kappa shape index (κ2) is 4.70. The first-order valence-electron chi connectivity index (χ1n) is 6.29. The molecule has 4 heteroatoms. The van der Waals surface area contributed by atoms with Gasteiger partial charge in [0.15, 0.2) is 0 Å². The molecule has 1 unspecified atom stereocenters. The maximum atomic E-state index is 9.53. The van der Waals surface area contributed by atoms with Gasteiger partial charge in [0.2, 0.25) is 0 Å². The molecule has 0 aromatic carbocycles. The maximum Gasteiger partial charge on any atom is 0.123 e. The molecule has 0 aliphatic carbocycles. The van der Waals surface area contributed by atoms with E-state index in [2.05, 4.69) is 35.0 Å². The fourth-order valence-electron chi connectivity index (χ4n) is 2.78. The molecule has 2 fully saturated rings. The fourth-order valence-corrected chi connectivity index (χ4v) is 2.78. The number of hydrogen-bond acceptors (Lipinski definition) is 4. The quantitative estimate of drug-likeness (QED) is 0.728. The zero-order chi connectivity index (χ0) is 11.6. The molecule has 2 heterocycles. The number of nitrogens with zero attached hydrogens (tertiary/aromatic N) is 3. The Morgan fingerprint density at radius 2 is 1.94 bits per heavy atom. The van der Waals surface area contributed by atoms with E-state index in [4.69, 9.17) is 0 Å². The molecule has 1 N–H and O–H groups in total. The third-order valence-electron chi connectivity index (χ3n) is 3.94. The van der Waals surface area contributed by atoms with Gasteiger partial charge in [-0.3, -0.25) is 9.80 Å². The van der Waals surface area contributed by atoms with Gasteiger partial charge in [-0.05, 0) is 20.3 Å². The molecule has 0 saturated carbocycles. The van der Waals surface area contributed by atoms with Crippen molar-refractivity contribution in [3.8, 4) is 6.07 Å². The number of hydrogen-bond donors (Lipinski definition) is 1. The second-order valence-electron chi connectivity index (χ2n) is 5.19. The van der Waals surface area contributed by atoms with Crippen molar-refractivity contribution in [1.82, 2.24) is 15.1 Å². The number of piperazine rings is 1. The highest BCUT2D eigenvalue weighted by molar-refractivity contribution is 5.14. The Labute approximate surface area is 98.2 Å². The van der Waals surface area contributed by atoms with Crippen LogP contribution in [-0.4, -0.2) is 60.6 Å². The van der Waals surface area contributed by atoms with Gasteiger partial charge in [-0.25, -0.2) is 0 Å². The average molecular weight is 222 g/mol. The van der Waals surface area contributed by atoms with Crippen LogP contribution in [0.3, 0.4) is 0 Å². The van der Waals surface area contributed by atoms with E-state index in [0.29, 0.717) is 6.04 Å². The Balaban J connectivity index is 2.06. The largest absolute Gasteiger partial charge is 0.314 e. The molecule has 2 saturated heterocycles. The van der Waals surface area contributed by atoms with Crippen LogP contribution in [0.5, 0.6) is 0 Å². The Morgan fingerprint density at radius 1 is 1.25 bits per heavy atom. The lowest BCUT2D eigenvalue weighted by Gasteiger charge is -2.39. The fraction of sp³-hybridized carbons (Fsp3) is 0.917. The molecule has 1 atom stereocenters. The van der Waals surface area contributed by atoms with Crippen LogP contribution in [-0.2, 0) is 0 Å². The molecule has 2 aliphatic rings. The van der Waals surface area contributed by atoms with Crippen molar-refractivity contribution in [3.05, 3.63) is 0 Å². The van der Waals surface area contributed by atoms with Crippen molar-refractivity contribution in [1.29, 1.82) is 5.26 Å². The monoisotopic (exact) mass is 222 g/mol. The van der Waals surface area contributed by atoms with Gasteiger partial charge in [-0.15, -0.1) is 0 Å². The summed E-state index contributed by atoms with van der Waals surface area (Å²) in [5.41, 5.74) is -0.216. The van der Waals surface area contributed by atoms with E-state index in [9.17, 15) is 5.26 Å². The van der Waals surface area contributed by atoms with E-state index in [1.54, 1.807) is 0 Å². The van der Waals surface area contributed by atoms with Crippen molar-refractivity contribution in [2.24, 2.45) is 0 Å². The van der Waals surface area contributed by atoms with E-state index in [-0.39, 0.29) is 5.54 Å². The van der Waals surface area contributed by atoms with Gasteiger partial charge in [0, 0.05) is 45.3 Å². The molecule has 0 bridgehead atoms. The zero-order valence-corrected chi connectivity index (χ0v) is 10.4. The Bertz CT molecular complexity index is 277. The van der Waals surface area contributed by atoms with Gasteiger partial charge in [0.05, 0.1) is 6.07 Å². The Morgan fingerprint density at radius 3 is 2.44 bits per heavy atom. The smallest absolute Gasteiger partial charge is 0.123 e. The van der Waals surface area contributed by atoms with Gasteiger partial charge >= 0.3 is 0 Å². The van der Waals surface area contributed by atoms with Gasteiger partial charge < -0.3 is 5.32 Å². The van der Waals surface area contributed by atoms with Crippen molar-refractivity contribution < 1.29 is 0 Å². The van der Waals surface area contributed by atoms with Crippen molar-refractivity contribution >= 4 is 0 Å². The van der Waals surface area contributed by atoms with E-state index in [1.807, 2.05) is 0 Å². The molecule has 0 aromatic heterocycles. The first kappa shape index (κ1) is 11.8. The highest BCUT2D eigenvalue weighted by atomic mass is 15.3. The van der Waals surface area contributed by atoms with Crippen LogP contribution in [0, 0.1) is 11.3 Å². The van der Waals surface area contributed by atoms with E-state index in [1.165, 1.54) is 0 Å². The van der Waals surface area contributed by atoms with E-state index >= 15 is 0 Å². The summed E-state index contributed by atoms with van der Waals surface area (Å²) in [6.45, 7) is 10.5.